The Morgan fingerprint density at radius 3 is 2.84 bits per heavy atom. The smallest absolute Gasteiger partial charge is 0.126 e. The van der Waals surface area contributed by atoms with Crippen LogP contribution in [-0.4, -0.2) is 40.6 Å². The Kier molecular flexibility index (Phi) is 3.29. The van der Waals surface area contributed by atoms with E-state index in [0.717, 1.165) is 24.4 Å². The molecule has 0 saturated carbocycles. The molecule has 0 radical (unpaired) electrons. The van der Waals surface area contributed by atoms with E-state index >= 15 is 0 Å². The fourth-order valence-corrected chi connectivity index (χ4v) is 3.08. The quantitative estimate of drug-likeness (QED) is 0.913. The number of hydrogen-bond donors (Lipinski definition) is 1. The Labute approximate surface area is 114 Å². The first-order chi connectivity index (χ1) is 9.20. The van der Waals surface area contributed by atoms with Crippen LogP contribution in [0.1, 0.15) is 25.2 Å². The van der Waals surface area contributed by atoms with E-state index in [-0.39, 0.29) is 0 Å². The van der Waals surface area contributed by atoms with Gasteiger partial charge in [0.25, 0.3) is 0 Å². The Morgan fingerprint density at radius 2 is 2.16 bits per heavy atom. The molecular weight excluding hydrogens is 236 g/mol. The minimum absolute atomic E-state index is 0.371. The first kappa shape index (κ1) is 12.6. The van der Waals surface area contributed by atoms with E-state index in [9.17, 15) is 0 Å². The summed E-state index contributed by atoms with van der Waals surface area (Å²) in [5, 5.41) is 3.37. The molecule has 0 bridgehead atoms. The minimum atomic E-state index is 0.371. The van der Waals surface area contributed by atoms with Gasteiger partial charge in [-0.25, -0.2) is 4.98 Å². The summed E-state index contributed by atoms with van der Waals surface area (Å²) in [4.78, 5) is 7.32. The molecule has 1 fully saturated rings. The van der Waals surface area contributed by atoms with Crippen molar-refractivity contribution in [2.45, 2.75) is 25.4 Å². The molecule has 1 aliphatic rings. The van der Waals surface area contributed by atoms with E-state index in [0.29, 0.717) is 12.1 Å². The summed E-state index contributed by atoms with van der Waals surface area (Å²) in [6.07, 6.45) is 1.23. The molecule has 1 aromatic carbocycles. The Morgan fingerprint density at radius 1 is 1.37 bits per heavy atom. The van der Waals surface area contributed by atoms with Crippen molar-refractivity contribution in [3.63, 3.8) is 0 Å². The number of imidazole rings is 1. The SMILES string of the molecule is CNC1CCN(C(C)c2nc3ccccc3n2C)C1. The second-order valence-corrected chi connectivity index (χ2v) is 5.46. The van der Waals surface area contributed by atoms with Crippen LogP contribution in [0.15, 0.2) is 24.3 Å². The van der Waals surface area contributed by atoms with Crippen molar-refractivity contribution in [1.29, 1.82) is 0 Å². The average molecular weight is 258 g/mol. The standard InChI is InChI=1S/C15H22N4/c1-11(19-9-8-12(10-19)16-2)15-17-13-6-4-5-7-14(13)18(15)3/h4-7,11-12,16H,8-10H2,1-3H3. The Bertz CT molecular complexity index is 575. The second kappa shape index (κ2) is 4.94. The maximum atomic E-state index is 4.81. The highest BCUT2D eigenvalue weighted by molar-refractivity contribution is 5.75. The molecule has 3 rings (SSSR count). The minimum Gasteiger partial charge on any atom is -0.330 e. The molecule has 1 saturated heterocycles. The molecule has 2 atom stereocenters. The lowest BCUT2D eigenvalue weighted by Crippen LogP contribution is -2.32. The number of benzene rings is 1. The molecule has 2 heterocycles. The van der Waals surface area contributed by atoms with Gasteiger partial charge in [-0.1, -0.05) is 12.1 Å². The third kappa shape index (κ3) is 2.15. The molecule has 0 spiro atoms. The number of nitrogens with one attached hydrogen (secondary N) is 1. The molecule has 2 aromatic rings. The number of hydrogen-bond acceptors (Lipinski definition) is 3. The monoisotopic (exact) mass is 258 g/mol. The Hall–Kier alpha value is -1.39. The number of para-hydroxylation sites is 2. The molecule has 102 valence electrons. The summed E-state index contributed by atoms with van der Waals surface area (Å²) < 4.78 is 2.23. The third-order valence-corrected chi connectivity index (χ3v) is 4.37. The number of aromatic nitrogens is 2. The van der Waals surface area contributed by atoms with Gasteiger partial charge in [-0.3, -0.25) is 4.90 Å². The van der Waals surface area contributed by atoms with Crippen LogP contribution in [0.4, 0.5) is 0 Å². The summed E-state index contributed by atoms with van der Waals surface area (Å²) in [5.74, 6) is 1.16. The molecule has 1 N–H and O–H groups in total. The van der Waals surface area contributed by atoms with Gasteiger partial charge in [0.05, 0.1) is 17.1 Å². The molecule has 0 amide bonds. The normalized spacial score (nSPS) is 22.2. The molecule has 19 heavy (non-hydrogen) atoms. The number of rotatable bonds is 3. The summed E-state index contributed by atoms with van der Waals surface area (Å²) in [6.45, 7) is 4.52. The average Bonchev–Trinajstić information content (AvgIpc) is 3.04. The fourth-order valence-electron chi connectivity index (χ4n) is 3.08. The van der Waals surface area contributed by atoms with Gasteiger partial charge < -0.3 is 9.88 Å². The van der Waals surface area contributed by atoms with E-state index in [4.69, 9.17) is 4.98 Å². The van der Waals surface area contributed by atoms with Gasteiger partial charge >= 0.3 is 0 Å². The van der Waals surface area contributed by atoms with E-state index < -0.39 is 0 Å². The molecule has 0 aliphatic carbocycles. The van der Waals surface area contributed by atoms with Crippen molar-refractivity contribution < 1.29 is 0 Å². The van der Waals surface area contributed by atoms with Crippen LogP contribution in [-0.2, 0) is 7.05 Å². The number of likely N-dealkylation sites (N-methyl/N-ethyl adjacent to an activating group) is 1. The van der Waals surface area contributed by atoms with Crippen LogP contribution >= 0.6 is 0 Å². The first-order valence-electron chi connectivity index (χ1n) is 7.03. The Balaban J connectivity index is 1.89. The third-order valence-electron chi connectivity index (χ3n) is 4.37. The van der Waals surface area contributed by atoms with Gasteiger partial charge in [0.2, 0.25) is 0 Å². The highest BCUT2D eigenvalue weighted by Crippen LogP contribution is 2.26. The molecule has 2 unspecified atom stereocenters. The van der Waals surface area contributed by atoms with Crippen LogP contribution in [0, 0.1) is 0 Å². The predicted octanol–water partition coefficient (Wildman–Crippen LogP) is 1.93. The van der Waals surface area contributed by atoms with E-state index in [2.05, 4.69) is 53.0 Å². The zero-order valence-corrected chi connectivity index (χ0v) is 11.9. The lowest BCUT2D eigenvalue weighted by atomic mass is 10.2. The largest absolute Gasteiger partial charge is 0.330 e. The summed E-state index contributed by atoms with van der Waals surface area (Å²) in [5.41, 5.74) is 2.31. The van der Waals surface area contributed by atoms with Crippen LogP contribution in [0.25, 0.3) is 11.0 Å². The van der Waals surface area contributed by atoms with Crippen molar-refractivity contribution in [1.82, 2.24) is 19.8 Å². The van der Waals surface area contributed by atoms with Crippen LogP contribution < -0.4 is 5.32 Å². The summed E-state index contributed by atoms with van der Waals surface area (Å²) in [7, 11) is 4.17. The van der Waals surface area contributed by atoms with Crippen molar-refractivity contribution in [2.24, 2.45) is 7.05 Å². The summed E-state index contributed by atoms with van der Waals surface area (Å²) in [6, 6.07) is 9.35. The number of aryl methyl sites for hydroxylation is 1. The van der Waals surface area contributed by atoms with Gasteiger partial charge in [-0.15, -0.1) is 0 Å². The predicted molar refractivity (Wildman–Crippen MR) is 78.2 cm³/mol. The molecule has 1 aliphatic heterocycles. The zero-order valence-electron chi connectivity index (χ0n) is 11.9. The molecule has 4 nitrogen and oxygen atoms in total. The second-order valence-electron chi connectivity index (χ2n) is 5.46. The summed E-state index contributed by atoms with van der Waals surface area (Å²) >= 11 is 0. The van der Waals surface area contributed by atoms with Crippen LogP contribution in [0.3, 0.4) is 0 Å². The molecule has 4 heteroatoms. The van der Waals surface area contributed by atoms with Crippen molar-refractivity contribution in [2.75, 3.05) is 20.1 Å². The maximum Gasteiger partial charge on any atom is 0.126 e. The lowest BCUT2D eigenvalue weighted by Gasteiger charge is -2.23. The highest BCUT2D eigenvalue weighted by Gasteiger charge is 2.28. The highest BCUT2D eigenvalue weighted by atomic mass is 15.2. The van der Waals surface area contributed by atoms with Crippen molar-refractivity contribution in [3.05, 3.63) is 30.1 Å². The fraction of sp³-hybridized carbons (Fsp3) is 0.533. The van der Waals surface area contributed by atoms with Crippen molar-refractivity contribution in [3.8, 4) is 0 Å². The number of nitrogens with zero attached hydrogens (tertiary/aromatic N) is 3. The van der Waals surface area contributed by atoms with Gasteiger partial charge in [-0.2, -0.15) is 0 Å². The van der Waals surface area contributed by atoms with E-state index in [1.54, 1.807) is 0 Å². The topological polar surface area (TPSA) is 33.1 Å². The van der Waals surface area contributed by atoms with Crippen LogP contribution in [0.5, 0.6) is 0 Å². The van der Waals surface area contributed by atoms with E-state index in [1.807, 2.05) is 7.05 Å². The molecular formula is C15H22N4. The number of fused-ring (bicyclic) bond motifs is 1. The molecule has 1 aromatic heterocycles. The first-order valence-corrected chi connectivity index (χ1v) is 7.03. The van der Waals surface area contributed by atoms with Crippen molar-refractivity contribution >= 4 is 11.0 Å². The maximum absolute atomic E-state index is 4.81. The van der Waals surface area contributed by atoms with Crippen LogP contribution in [0.2, 0.25) is 0 Å². The lowest BCUT2D eigenvalue weighted by molar-refractivity contribution is 0.244. The van der Waals surface area contributed by atoms with Gasteiger partial charge in [-0.05, 0) is 32.5 Å². The van der Waals surface area contributed by atoms with Gasteiger partial charge in [0.1, 0.15) is 5.82 Å². The van der Waals surface area contributed by atoms with E-state index in [1.165, 1.54) is 11.9 Å². The van der Waals surface area contributed by atoms with Gasteiger partial charge in [0.15, 0.2) is 0 Å². The number of likely N-dealkylation sites (tertiary alicyclic amines) is 1. The zero-order chi connectivity index (χ0) is 13.4. The van der Waals surface area contributed by atoms with Gasteiger partial charge in [0, 0.05) is 26.2 Å².